The Morgan fingerprint density at radius 1 is 1.44 bits per heavy atom. The van der Waals surface area contributed by atoms with Crippen LogP contribution in [0, 0.1) is 13.8 Å². The molecule has 0 fully saturated rings. The number of hydrogen-bond donors (Lipinski definition) is 1. The van der Waals surface area contributed by atoms with Gasteiger partial charge in [0.1, 0.15) is 6.54 Å². The molecule has 0 aliphatic rings. The van der Waals surface area contributed by atoms with Crippen LogP contribution in [-0.2, 0) is 27.3 Å². The minimum atomic E-state index is -0.963. The summed E-state index contributed by atoms with van der Waals surface area (Å²) in [5.41, 5.74) is 2.14. The van der Waals surface area contributed by atoms with E-state index in [1.807, 2.05) is 0 Å². The molecule has 16 heavy (non-hydrogen) atoms. The SMILES string of the molecule is COC(=O)Cc1nn(CC(=O)O)c(C)c1C. The Labute approximate surface area is 92.8 Å². The highest BCUT2D eigenvalue weighted by Crippen LogP contribution is 2.13. The maximum atomic E-state index is 11.1. The molecule has 0 saturated heterocycles. The van der Waals surface area contributed by atoms with Crippen LogP contribution in [-0.4, -0.2) is 33.9 Å². The second-order valence-corrected chi connectivity index (χ2v) is 3.46. The number of methoxy groups -OCH3 is 1. The van der Waals surface area contributed by atoms with Crippen LogP contribution >= 0.6 is 0 Å². The zero-order valence-corrected chi connectivity index (χ0v) is 9.48. The van der Waals surface area contributed by atoms with E-state index in [-0.39, 0.29) is 18.9 Å². The summed E-state index contributed by atoms with van der Waals surface area (Å²) >= 11 is 0. The summed E-state index contributed by atoms with van der Waals surface area (Å²) in [4.78, 5) is 21.7. The van der Waals surface area contributed by atoms with E-state index in [2.05, 4.69) is 9.84 Å². The van der Waals surface area contributed by atoms with Gasteiger partial charge in [0.2, 0.25) is 0 Å². The number of ether oxygens (including phenoxy) is 1. The maximum Gasteiger partial charge on any atom is 0.325 e. The molecule has 1 heterocycles. The van der Waals surface area contributed by atoms with Gasteiger partial charge in [0.05, 0.1) is 19.2 Å². The second-order valence-electron chi connectivity index (χ2n) is 3.46. The maximum absolute atomic E-state index is 11.1. The molecule has 0 bridgehead atoms. The molecule has 0 aromatic carbocycles. The van der Waals surface area contributed by atoms with Crippen molar-refractivity contribution >= 4 is 11.9 Å². The van der Waals surface area contributed by atoms with Crippen LogP contribution in [0.4, 0.5) is 0 Å². The Balaban J connectivity index is 2.95. The summed E-state index contributed by atoms with van der Waals surface area (Å²) in [5, 5.41) is 12.7. The highest BCUT2D eigenvalue weighted by atomic mass is 16.5. The first kappa shape index (κ1) is 12.2. The number of rotatable bonds is 4. The summed E-state index contributed by atoms with van der Waals surface area (Å²) in [6.45, 7) is 3.37. The smallest absolute Gasteiger partial charge is 0.325 e. The molecule has 0 saturated carbocycles. The molecule has 0 aliphatic heterocycles. The Morgan fingerprint density at radius 3 is 2.56 bits per heavy atom. The van der Waals surface area contributed by atoms with Crippen LogP contribution in [0.1, 0.15) is 17.0 Å². The third kappa shape index (κ3) is 2.59. The van der Waals surface area contributed by atoms with E-state index in [0.717, 1.165) is 11.3 Å². The van der Waals surface area contributed by atoms with Crippen molar-refractivity contribution in [1.29, 1.82) is 0 Å². The fourth-order valence-electron chi connectivity index (χ4n) is 1.36. The van der Waals surface area contributed by atoms with Crippen molar-refractivity contribution in [2.24, 2.45) is 0 Å². The Morgan fingerprint density at radius 2 is 2.06 bits per heavy atom. The van der Waals surface area contributed by atoms with Gasteiger partial charge in [-0.1, -0.05) is 0 Å². The highest BCUT2D eigenvalue weighted by molar-refractivity contribution is 5.72. The van der Waals surface area contributed by atoms with Crippen molar-refractivity contribution in [1.82, 2.24) is 9.78 Å². The van der Waals surface area contributed by atoms with Gasteiger partial charge >= 0.3 is 11.9 Å². The van der Waals surface area contributed by atoms with E-state index in [4.69, 9.17) is 5.11 Å². The number of carbonyl (C=O) groups is 2. The topological polar surface area (TPSA) is 81.4 Å². The van der Waals surface area contributed by atoms with Gasteiger partial charge in [0, 0.05) is 5.69 Å². The average molecular weight is 226 g/mol. The molecule has 0 spiro atoms. The number of carboxylic acid groups (broad SMARTS) is 1. The number of aliphatic carboxylic acids is 1. The predicted octanol–water partition coefficient (Wildman–Crippen LogP) is 0.300. The number of carboxylic acids is 1. The fourth-order valence-corrected chi connectivity index (χ4v) is 1.36. The highest BCUT2D eigenvalue weighted by Gasteiger charge is 2.15. The van der Waals surface area contributed by atoms with Crippen molar-refractivity contribution in [3.05, 3.63) is 17.0 Å². The van der Waals surface area contributed by atoms with E-state index in [1.54, 1.807) is 13.8 Å². The summed E-state index contributed by atoms with van der Waals surface area (Å²) in [6, 6.07) is 0. The quantitative estimate of drug-likeness (QED) is 0.747. The summed E-state index contributed by atoms with van der Waals surface area (Å²) in [6.07, 6.45) is 0.0653. The van der Waals surface area contributed by atoms with E-state index in [1.165, 1.54) is 11.8 Å². The van der Waals surface area contributed by atoms with Crippen molar-refractivity contribution in [2.45, 2.75) is 26.8 Å². The summed E-state index contributed by atoms with van der Waals surface area (Å²) in [7, 11) is 1.30. The van der Waals surface area contributed by atoms with Gasteiger partial charge in [-0.15, -0.1) is 0 Å². The van der Waals surface area contributed by atoms with Crippen LogP contribution in [0.5, 0.6) is 0 Å². The van der Waals surface area contributed by atoms with Gasteiger partial charge in [-0.05, 0) is 19.4 Å². The number of carbonyl (C=O) groups excluding carboxylic acids is 1. The van der Waals surface area contributed by atoms with Gasteiger partial charge in [-0.3, -0.25) is 14.3 Å². The molecule has 1 aromatic heterocycles. The first-order valence-electron chi connectivity index (χ1n) is 4.77. The zero-order valence-electron chi connectivity index (χ0n) is 9.48. The van der Waals surface area contributed by atoms with E-state index >= 15 is 0 Å². The van der Waals surface area contributed by atoms with Crippen molar-refractivity contribution in [3.8, 4) is 0 Å². The molecule has 6 heteroatoms. The number of aromatic nitrogens is 2. The zero-order chi connectivity index (χ0) is 12.3. The van der Waals surface area contributed by atoms with Crippen LogP contribution < -0.4 is 0 Å². The van der Waals surface area contributed by atoms with Crippen molar-refractivity contribution in [3.63, 3.8) is 0 Å². The number of nitrogens with zero attached hydrogens (tertiary/aromatic N) is 2. The van der Waals surface area contributed by atoms with Gasteiger partial charge in [-0.2, -0.15) is 5.10 Å². The van der Waals surface area contributed by atoms with Crippen molar-refractivity contribution < 1.29 is 19.4 Å². The molecular weight excluding hydrogens is 212 g/mol. The lowest BCUT2D eigenvalue weighted by Crippen LogP contribution is -2.12. The molecular formula is C10H14N2O4. The summed E-state index contributed by atoms with van der Waals surface area (Å²) < 4.78 is 5.91. The number of esters is 1. The van der Waals surface area contributed by atoms with E-state index < -0.39 is 5.97 Å². The van der Waals surface area contributed by atoms with Crippen LogP contribution in [0.25, 0.3) is 0 Å². The molecule has 1 N–H and O–H groups in total. The molecule has 0 amide bonds. The Hall–Kier alpha value is -1.85. The standard InChI is InChI=1S/C10H14N2O4/c1-6-7(2)12(5-9(13)14)11-8(6)4-10(15)16-3/h4-5H2,1-3H3,(H,13,14). The fraction of sp³-hybridized carbons (Fsp3) is 0.500. The van der Waals surface area contributed by atoms with E-state index in [0.29, 0.717) is 5.69 Å². The van der Waals surface area contributed by atoms with Crippen LogP contribution in [0.2, 0.25) is 0 Å². The average Bonchev–Trinajstić information content (AvgIpc) is 2.46. The minimum absolute atomic E-state index is 0.0653. The van der Waals surface area contributed by atoms with Gasteiger partial charge in [-0.25, -0.2) is 0 Å². The Kier molecular flexibility index (Phi) is 3.65. The van der Waals surface area contributed by atoms with Crippen molar-refractivity contribution in [2.75, 3.05) is 7.11 Å². The first-order chi connectivity index (χ1) is 7.45. The largest absolute Gasteiger partial charge is 0.480 e. The third-order valence-electron chi connectivity index (χ3n) is 2.43. The molecule has 0 radical (unpaired) electrons. The van der Waals surface area contributed by atoms with Gasteiger partial charge < -0.3 is 9.84 Å². The molecule has 0 atom stereocenters. The van der Waals surface area contributed by atoms with Crippen LogP contribution in [0.3, 0.4) is 0 Å². The lowest BCUT2D eigenvalue weighted by molar-refractivity contribution is -0.140. The Bertz CT molecular complexity index is 423. The predicted molar refractivity (Wildman–Crippen MR) is 55.1 cm³/mol. The third-order valence-corrected chi connectivity index (χ3v) is 2.43. The summed E-state index contributed by atoms with van der Waals surface area (Å²) in [5.74, 6) is -1.35. The molecule has 0 aliphatic carbocycles. The van der Waals surface area contributed by atoms with E-state index in [9.17, 15) is 9.59 Å². The molecule has 0 unspecified atom stereocenters. The molecule has 1 aromatic rings. The minimum Gasteiger partial charge on any atom is -0.480 e. The first-order valence-corrected chi connectivity index (χ1v) is 4.77. The van der Waals surface area contributed by atoms with Gasteiger partial charge in [0.15, 0.2) is 0 Å². The lowest BCUT2D eigenvalue weighted by atomic mass is 10.2. The molecule has 1 rings (SSSR count). The monoisotopic (exact) mass is 226 g/mol. The second kappa shape index (κ2) is 4.78. The van der Waals surface area contributed by atoms with Crippen LogP contribution in [0.15, 0.2) is 0 Å². The molecule has 6 nitrogen and oxygen atoms in total. The normalized spacial score (nSPS) is 10.2. The lowest BCUT2D eigenvalue weighted by Gasteiger charge is -1.98. The molecule has 88 valence electrons. The van der Waals surface area contributed by atoms with Gasteiger partial charge in [0.25, 0.3) is 0 Å². The number of hydrogen-bond acceptors (Lipinski definition) is 4.